The van der Waals surface area contributed by atoms with E-state index in [9.17, 15) is 14.4 Å². The second-order valence-corrected chi connectivity index (χ2v) is 10.6. The fourth-order valence-corrected chi connectivity index (χ4v) is 5.22. The summed E-state index contributed by atoms with van der Waals surface area (Å²) in [5.41, 5.74) is 7.38. The molecule has 4 rings (SSSR count). The van der Waals surface area contributed by atoms with Gasteiger partial charge in [-0.1, -0.05) is 58.0 Å². The van der Waals surface area contributed by atoms with Crippen LogP contribution >= 0.6 is 0 Å². The fourth-order valence-electron chi connectivity index (χ4n) is 5.22. The third kappa shape index (κ3) is 7.83. The van der Waals surface area contributed by atoms with Crippen molar-refractivity contribution < 1.29 is 28.9 Å². The van der Waals surface area contributed by atoms with Crippen molar-refractivity contribution >= 4 is 46.4 Å². The summed E-state index contributed by atoms with van der Waals surface area (Å²) in [4.78, 5) is 50.6. The maximum absolute atomic E-state index is 11.4. The molecule has 0 amide bonds. The van der Waals surface area contributed by atoms with E-state index >= 15 is 0 Å². The Kier molecular flexibility index (Phi) is 10.4. The van der Waals surface area contributed by atoms with E-state index in [1.54, 1.807) is 13.8 Å². The molecule has 10 nitrogen and oxygen atoms in total. The van der Waals surface area contributed by atoms with Crippen LogP contribution in [0.2, 0.25) is 0 Å². The number of oxime groups is 3. The molecule has 10 heteroatoms. The second kappa shape index (κ2) is 14.4. The molecule has 44 heavy (non-hydrogen) atoms. The summed E-state index contributed by atoms with van der Waals surface area (Å²) >= 11 is 0. The Balaban J connectivity index is 1.80. The number of benzene rings is 2. The summed E-state index contributed by atoms with van der Waals surface area (Å²) in [5, 5.41) is 11.9. The van der Waals surface area contributed by atoms with Crippen LogP contribution in [0.1, 0.15) is 65.5 Å². The van der Waals surface area contributed by atoms with Crippen LogP contribution in [0.3, 0.4) is 0 Å². The zero-order valence-corrected chi connectivity index (χ0v) is 25.7. The average molecular weight is 597 g/mol. The first kappa shape index (κ1) is 31.8. The predicted molar refractivity (Wildman–Crippen MR) is 169 cm³/mol. The van der Waals surface area contributed by atoms with E-state index in [4.69, 9.17) is 14.5 Å². The third-order valence-corrected chi connectivity index (χ3v) is 7.29. The molecule has 2 aromatic carbocycles. The summed E-state index contributed by atoms with van der Waals surface area (Å²) in [6.45, 7) is 9.36. The highest BCUT2D eigenvalue weighted by Gasteiger charge is 2.35. The lowest BCUT2D eigenvalue weighted by Crippen LogP contribution is -2.32. The minimum absolute atomic E-state index is 0.0325. The lowest BCUT2D eigenvalue weighted by Gasteiger charge is -2.40. The molecule has 2 aromatic rings. The lowest BCUT2D eigenvalue weighted by atomic mass is 9.73. The third-order valence-electron chi connectivity index (χ3n) is 7.29. The predicted octanol–water partition coefficient (Wildman–Crippen LogP) is 6.74. The molecule has 0 fully saturated rings. The van der Waals surface area contributed by atoms with Gasteiger partial charge in [-0.3, -0.25) is 0 Å². The first-order valence-electron chi connectivity index (χ1n) is 14.3. The van der Waals surface area contributed by atoms with E-state index in [0.717, 1.165) is 46.6 Å². The molecule has 0 aliphatic heterocycles. The highest BCUT2D eigenvalue weighted by molar-refractivity contribution is 6.01. The van der Waals surface area contributed by atoms with Gasteiger partial charge < -0.3 is 19.4 Å². The topological polar surface area (TPSA) is 119 Å². The Bertz CT molecular complexity index is 1520. The molecule has 0 radical (unpaired) electrons. The number of allylic oxidation sites excluding steroid dienone is 5. The lowest BCUT2D eigenvalue weighted by molar-refractivity contribution is -0.141. The molecular weight excluding hydrogens is 560 g/mol. The fraction of sp³-hybridized carbons (Fsp3) is 0.294. The van der Waals surface area contributed by atoms with Crippen molar-refractivity contribution in [3.8, 4) is 0 Å². The number of fused-ring (bicyclic) bond motifs is 1. The van der Waals surface area contributed by atoms with E-state index in [1.807, 2.05) is 55.5 Å². The number of hydrogen-bond donors (Lipinski definition) is 0. The zero-order chi connectivity index (χ0) is 31.8. The van der Waals surface area contributed by atoms with E-state index in [0.29, 0.717) is 17.1 Å². The number of hydrogen-bond acceptors (Lipinski definition) is 10. The highest BCUT2D eigenvalue weighted by Crippen LogP contribution is 2.44. The van der Waals surface area contributed by atoms with Crippen molar-refractivity contribution in [1.82, 2.24) is 0 Å². The molecule has 2 aliphatic carbocycles. The van der Waals surface area contributed by atoms with Crippen LogP contribution in [-0.2, 0) is 28.9 Å². The molecule has 228 valence electrons. The molecular formula is C34H36N4O6. The Hall–Kier alpha value is -5.12. The van der Waals surface area contributed by atoms with Gasteiger partial charge in [0, 0.05) is 43.8 Å². The highest BCUT2D eigenvalue weighted by atomic mass is 16.7. The van der Waals surface area contributed by atoms with Crippen LogP contribution in [0.5, 0.6) is 0 Å². The van der Waals surface area contributed by atoms with Crippen molar-refractivity contribution in [1.29, 1.82) is 0 Å². The minimum atomic E-state index is -0.483. The number of nitrogens with zero attached hydrogens (tertiary/aromatic N) is 4. The van der Waals surface area contributed by atoms with Gasteiger partial charge in [0.05, 0.1) is 17.1 Å². The van der Waals surface area contributed by atoms with E-state index < -0.39 is 17.9 Å². The number of carbonyl (C=O) groups excluding carboxylic acids is 3. The molecule has 0 heterocycles. The van der Waals surface area contributed by atoms with Crippen LogP contribution < -0.4 is 4.90 Å². The van der Waals surface area contributed by atoms with Gasteiger partial charge in [0.25, 0.3) is 0 Å². The Morgan fingerprint density at radius 2 is 1.11 bits per heavy atom. The second-order valence-electron chi connectivity index (χ2n) is 10.6. The standard InChI is InChI=1S/C34H36N4O6/c1-21(35-42-24(4)39)27-11-15-29(16-12-27)38(30-17-13-28(14-18-30)22(2)36-43-25(5)40)34-20-19-31(23(3)37-44-26(6)41)32-9-7-8-10-33(32)34/h8,10-20,32-33H,7,9H2,1-6H3/b35-21+,36-22+,37-23+. The molecule has 0 aromatic heterocycles. The number of anilines is 2. The first-order valence-corrected chi connectivity index (χ1v) is 14.3. The van der Waals surface area contributed by atoms with Gasteiger partial charge in [-0.25, -0.2) is 14.4 Å². The summed E-state index contributed by atoms with van der Waals surface area (Å²) in [7, 11) is 0. The van der Waals surface area contributed by atoms with Gasteiger partial charge in [0.2, 0.25) is 0 Å². The van der Waals surface area contributed by atoms with Crippen LogP contribution in [0, 0.1) is 11.8 Å². The monoisotopic (exact) mass is 596 g/mol. The largest absolute Gasteiger partial charge is 0.331 e. The van der Waals surface area contributed by atoms with E-state index in [1.165, 1.54) is 20.8 Å². The van der Waals surface area contributed by atoms with E-state index in [2.05, 4.69) is 44.7 Å². The Labute approximate surface area is 257 Å². The summed E-state index contributed by atoms with van der Waals surface area (Å²) in [5.74, 6) is -1.26. The van der Waals surface area contributed by atoms with Crippen molar-refractivity contribution in [2.24, 2.45) is 27.3 Å². The van der Waals surface area contributed by atoms with Crippen molar-refractivity contribution in [2.75, 3.05) is 4.90 Å². The van der Waals surface area contributed by atoms with Gasteiger partial charge in [0.15, 0.2) is 0 Å². The molecule has 0 saturated heterocycles. The van der Waals surface area contributed by atoms with Gasteiger partial charge in [0.1, 0.15) is 0 Å². The minimum Gasteiger partial charge on any atom is -0.318 e. The molecule has 0 N–H and O–H groups in total. The maximum Gasteiger partial charge on any atom is 0.331 e. The number of carbonyl (C=O) groups is 3. The molecule has 0 bridgehead atoms. The Morgan fingerprint density at radius 3 is 1.57 bits per heavy atom. The molecule has 2 unspecified atom stereocenters. The van der Waals surface area contributed by atoms with Gasteiger partial charge in [-0.15, -0.1) is 0 Å². The average Bonchev–Trinajstić information content (AvgIpc) is 3.02. The van der Waals surface area contributed by atoms with Gasteiger partial charge in [-0.05, 0) is 86.6 Å². The maximum atomic E-state index is 11.4. The summed E-state index contributed by atoms with van der Waals surface area (Å²) in [6, 6.07) is 15.7. The zero-order valence-electron chi connectivity index (χ0n) is 25.7. The Morgan fingerprint density at radius 1 is 0.659 bits per heavy atom. The molecule has 0 spiro atoms. The smallest absolute Gasteiger partial charge is 0.318 e. The van der Waals surface area contributed by atoms with Crippen molar-refractivity contribution in [3.63, 3.8) is 0 Å². The van der Waals surface area contributed by atoms with Gasteiger partial charge in [-0.2, -0.15) is 0 Å². The van der Waals surface area contributed by atoms with Crippen LogP contribution in [0.4, 0.5) is 11.4 Å². The SMILES string of the molecule is CC(=O)O/N=C(\C)C1=CC=C(N(c2ccc(/C(C)=N/OC(C)=O)cc2)c2ccc(/C(C)=N/OC(C)=O)cc2)C2C=CCCC12. The first-order chi connectivity index (χ1) is 21.0. The molecule has 2 aliphatic rings. The van der Waals surface area contributed by atoms with Gasteiger partial charge >= 0.3 is 17.9 Å². The quantitative estimate of drug-likeness (QED) is 0.136. The van der Waals surface area contributed by atoms with Crippen molar-refractivity contribution in [2.45, 2.75) is 54.4 Å². The summed E-state index contributed by atoms with van der Waals surface area (Å²) in [6.07, 6.45) is 10.4. The van der Waals surface area contributed by atoms with Crippen LogP contribution in [0.25, 0.3) is 0 Å². The van der Waals surface area contributed by atoms with Crippen molar-refractivity contribution in [3.05, 3.63) is 95.2 Å². The molecule has 0 saturated carbocycles. The van der Waals surface area contributed by atoms with Crippen LogP contribution in [-0.4, -0.2) is 35.0 Å². The molecule has 2 atom stereocenters. The van der Waals surface area contributed by atoms with Crippen LogP contribution in [0.15, 0.2) is 99.6 Å². The summed E-state index contributed by atoms with van der Waals surface area (Å²) < 4.78 is 0. The van der Waals surface area contributed by atoms with E-state index in [-0.39, 0.29) is 11.8 Å². The normalized spacial score (nSPS) is 18.5. The number of rotatable bonds is 9.